The van der Waals surface area contributed by atoms with Crippen molar-refractivity contribution in [3.8, 4) is 0 Å². The second kappa shape index (κ2) is 6.39. The van der Waals surface area contributed by atoms with Gasteiger partial charge in [-0.05, 0) is 36.2 Å². The summed E-state index contributed by atoms with van der Waals surface area (Å²) in [5.41, 5.74) is 2.83. The lowest BCUT2D eigenvalue weighted by Gasteiger charge is -2.08. The zero-order chi connectivity index (χ0) is 14.5. The number of rotatable bonds is 5. The van der Waals surface area contributed by atoms with Crippen molar-refractivity contribution in [2.24, 2.45) is 0 Å². The Morgan fingerprint density at radius 3 is 2.75 bits per heavy atom. The van der Waals surface area contributed by atoms with Gasteiger partial charge in [0.1, 0.15) is 0 Å². The van der Waals surface area contributed by atoms with Crippen LogP contribution >= 0.6 is 11.6 Å². The number of halogens is 1. The Hall–Kier alpha value is -2.07. The van der Waals surface area contributed by atoms with Crippen molar-refractivity contribution in [1.29, 1.82) is 0 Å². The highest BCUT2D eigenvalue weighted by molar-refractivity contribution is 6.30. The minimum absolute atomic E-state index is 0.0386. The zero-order valence-electron chi connectivity index (χ0n) is 11.1. The number of nitro groups is 1. The summed E-state index contributed by atoms with van der Waals surface area (Å²) in [5.74, 6) is 0. The molecule has 0 spiro atoms. The summed E-state index contributed by atoms with van der Waals surface area (Å²) in [6.07, 6.45) is 0.955. The highest BCUT2D eigenvalue weighted by atomic mass is 35.5. The smallest absolute Gasteiger partial charge is 0.275 e. The summed E-state index contributed by atoms with van der Waals surface area (Å²) in [6, 6.07) is 12.7. The fraction of sp³-hybridized carbons (Fsp3) is 0.200. The van der Waals surface area contributed by atoms with Crippen LogP contribution < -0.4 is 5.32 Å². The molecule has 0 atom stereocenters. The molecule has 0 unspecified atom stereocenters. The van der Waals surface area contributed by atoms with Gasteiger partial charge < -0.3 is 5.32 Å². The monoisotopic (exact) mass is 290 g/mol. The van der Waals surface area contributed by atoms with E-state index in [-0.39, 0.29) is 5.69 Å². The van der Waals surface area contributed by atoms with Gasteiger partial charge in [-0.3, -0.25) is 10.1 Å². The van der Waals surface area contributed by atoms with Crippen LogP contribution in [-0.2, 0) is 13.0 Å². The average molecular weight is 291 g/mol. The minimum Gasteiger partial charge on any atom is -0.381 e. The summed E-state index contributed by atoms with van der Waals surface area (Å²) in [6.45, 7) is 2.48. The molecule has 5 heteroatoms. The molecule has 20 heavy (non-hydrogen) atoms. The van der Waals surface area contributed by atoms with E-state index < -0.39 is 4.92 Å². The number of nitrogens with zero attached hydrogens (tertiary/aromatic N) is 1. The highest BCUT2D eigenvalue weighted by Gasteiger charge is 2.13. The van der Waals surface area contributed by atoms with Crippen molar-refractivity contribution in [3.05, 3.63) is 68.7 Å². The highest BCUT2D eigenvalue weighted by Crippen LogP contribution is 2.24. The van der Waals surface area contributed by atoms with Crippen LogP contribution in [0.4, 0.5) is 11.4 Å². The third-order valence-corrected chi connectivity index (χ3v) is 3.30. The van der Waals surface area contributed by atoms with Gasteiger partial charge in [0.2, 0.25) is 0 Å². The summed E-state index contributed by atoms with van der Waals surface area (Å²) in [5, 5.41) is 14.6. The van der Waals surface area contributed by atoms with Crippen LogP contribution in [0.1, 0.15) is 18.1 Å². The molecule has 104 valence electrons. The van der Waals surface area contributed by atoms with Gasteiger partial charge in [-0.15, -0.1) is 0 Å². The van der Waals surface area contributed by atoms with Gasteiger partial charge in [0, 0.05) is 28.9 Å². The van der Waals surface area contributed by atoms with Crippen molar-refractivity contribution in [3.63, 3.8) is 0 Å². The average Bonchev–Trinajstić information content (AvgIpc) is 2.46. The number of nitro benzene ring substituents is 1. The SMILES string of the molecule is CCc1cccc(NCc2ccc(Cl)cc2[N+](=O)[O-])c1. The van der Waals surface area contributed by atoms with Crippen molar-refractivity contribution in [2.75, 3.05) is 5.32 Å². The van der Waals surface area contributed by atoms with E-state index in [1.54, 1.807) is 12.1 Å². The van der Waals surface area contributed by atoms with Crippen LogP contribution in [0, 0.1) is 10.1 Å². The Morgan fingerprint density at radius 2 is 2.05 bits per heavy atom. The van der Waals surface area contributed by atoms with E-state index in [0.717, 1.165) is 12.1 Å². The van der Waals surface area contributed by atoms with E-state index in [2.05, 4.69) is 18.3 Å². The maximum Gasteiger partial charge on any atom is 0.275 e. The van der Waals surface area contributed by atoms with E-state index in [1.807, 2.05) is 18.2 Å². The molecule has 0 aromatic heterocycles. The van der Waals surface area contributed by atoms with E-state index >= 15 is 0 Å². The molecular formula is C15H15ClN2O2. The summed E-state index contributed by atoms with van der Waals surface area (Å²) >= 11 is 5.79. The van der Waals surface area contributed by atoms with E-state index in [0.29, 0.717) is 17.1 Å². The van der Waals surface area contributed by atoms with Gasteiger partial charge in [0.25, 0.3) is 5.69 Å². The largest absolute Gasteiger partial charge is 0.381 e. The van der Waals surface area contributed by atoms with Crippen LogP contribution in [-0.4, -0.2) is 4.92 Å². The molecule has 4 nitrogen and oxygen atoms in total. The Morgan fingerprint density at radius 1 is 1.25 bits per heavy atom. The third kappa shape index (κ3) is 3.48. The summed E-state index contributed by atoms with van der Waals surface area (Å²) in [7, 11) is 0. The number of aryl methyl sites for hydroxylation is 1. The first-order chi connectivity index (χ1) is 9.60. The van der Waals surface area contributed by atoms with Gasteiger partial charge in [0.05, 0.1) is 4.92 Å². The fourth-order valence-corrected chi connectivity index (χ4v) is 2.12. The lowest BCUT2D eigenvalue weighted by molar-refractivity contribution is -0.385. The maximum atomic E-state index is 11.0. The molecule has 0 bridgehead atoms. The molecule has 0 amide bonds. The molecule has 0 aliphatic carbocycles. The van der Waals surface area contributed by atoms with Crippen molar-refractivity contribution >= 4 is 23.0 Å². The molecule has 0 fully saturated rings. The summed E-state index contributed by atoms with van der Waals surface area (Å²) in [4.78, 5) is 10.6. The van der Waals surface area contributed by atoms with Crippen LogP contribution in [0.2, 0.25) is 5.02 Å². The quantitative estimate of drug-likeness (QED) is 0.655. The van der Waals surface area contributed by atoms with Crippen molar-refractivity contribution < 1.29 is 4.92 Å². The Labute approximate surface area is 122 Å². The van der Waals surface area contributed by atoms with Gasteiger partial charge in [-0.25, -0.2) is 0 Å². The number of benzene rings is 2. The second-order valence-corrected chi connectivity index (χ2v) is 4.87. The minimum atomic E-state index is -0.411. The van der Waals surface area contributed by atoms with Crippen molar-refractivity contribution in [1.82, 2.24) is 0 Å². The molecule has 2 aromatic carbocycles. The third-order valence-electron chi connectivity index (χ3n) is 3.06. The lowest BCUT2D eigenvalue weighted by Crippen LogP contribution is -2.03. The van der Waals surface area contributed by atoms with Crippen LogP contribution in [0.25, 0.3) is 0 Å². The number of anilines is 1. The molecule has 2 rings (SSSR count). The van der Waals surface area contributed by atoms with Crippen LogP contribution in [0.15, 0.2) is 42.5 Å². The van der Waals surface area contributed by atoms with Crippen LogP contribution in [0.3, 0.4) is 0 Å². The number of hydrogen-bond acceptors (Lipinski definition) is 3. The standard InChI is InChI=1S/C15H15ClN2O2/c1-2-11-4-3-5-14(8-11)17-10-12-6-7-13(16)9-15(12)18(19)20/h3-9,17H,2,10H2,1H3. The second-order valence-electron chi connectivity index (χ2n) is 4.44. The number of nitrogens with one attached hydrogen (secondary N) is 1. The topological polar surface area (TPSA) is 55.2 Å². The first-order valence-electron chi connectivity index (χ1n) is 6.35. The van der Waals surface area contributed by atoms with E-state index in [4.69, 9.17) is 11.6 Å². The van der Waals surface area contributed by atoms with E-state index in [9.17, 15) is 10.1 Å². The van der Waals surface area contributed by atoms with Crippen LogP contribution in [0.5, 0.6) is 0 Å². The van der Waals surface area contributed by atoms with Gasteiger partial charge in [0.15, 0.2) is 0 Å². The number of hydrogen-bond donors (Lipinski definition) is 1. The zero-order valence-corrected chi connectivity index (χ0v) is 11.9. The molecule has 0 saturated heterocycles. The van der Waals surface area contributed by atoms with E-state index in [1.165, 1.54) is 11.6 Å². The molecule has 0 aliphatic heterocycles. The molecular weight excluding hydrogens is 276 g/mol. The van der Waals surface area contributed by atoms with Gasteiger partial charge in [-0.2, -0.15) is 0 Å². The normalized spacial score (nSPS) is 10.3. The molecule has 2 aromatic rings. The Kier molecular flexibility index (Phi) is 4.58. The first-order valence-corrected chi connectivity index (χ1v) is 6.73. The lowest BCUT2D eigenvalue weighted by atomic mass is 10.1. The maximum absolute atomic E-state index is 11.0. The molecule has 0 saturated carbocycles. The predicted octanol–water partition coefficient (Wildman–Crippen LogP) is 4.42. The molecule has 0 aliphatic rings. The molecule has 1 N–H and O–H groups in total. The van der Waals surface area contributed by atoms with Gasteiger partial charge in [-0.1, -0.05) is 30.7 Å². The van der Waals surface area contributed by atoms with Crippen molar-refractivity contribution in [2.45, 2.75) is 19.9 Å². The fourth-order valence-electron chi connectivity index (χ4n) is 1.95. The Bertz CT molecular complexity index is 629. The summed E-state index contributed by atoms with van der Waals surface area (Å²) < 4.78 is 0. The Balaban J connectivity index is 2.16. The molecule has 0 radical (unpaired) electrons. The molecule has 0 heterocycles. The predicted molar refractivity (Wildman–Crippen MR) is 81.3 cm³/mol. The van der Waals surface area contributed by atoms with Gasteiger partial charge >= 0.3 is 0 Å². The first kappa shape index (κ1) is 14.3.